The standard InChI is InChI=1S/C19H25FN4O2/c1-4-17-18(20)19(22-12-21-17)24-7-5-6-13(11-24)23-14-8-15(25-2)10-16(9-14)26-3/h8-10,12-13,23H,4-7,11H2,1-3H3. The lowest BCUT2D eigenvalue weighted by Gasteiger charge is -2.34. The molecule has 0 aliphatic carbocycles. The quantitative estimate of drug-likeness (QED) is 0.853. The highest BCUT2D eigenvalue weighted by Gasteiger charge is 2.24. The largest absolute Gasteiger partial charge is 0.497 e. The van der Waals surface area contributed by atoms with E-state index in [1.807, 2.05) is 30.0 Å². The number of hydrogen-bond acceptors (Lipinski definition) is 6. The molecule has 0 spiro atoms. The Balaban J connectivity index is 1.75. The van der Waals surface area contributed by atoms with E-state index >= 15 is 0 Å². The Labute approximate surface area is 153 Å². The molecule has 1 fully saturated rings. The molecule has 1 aliphatic heterocycles. The van der Waals surface area contributed by atoms with E-state index in [0.717, 1.165) is 36.6 Å². The van der Waals surface area contributed by atoms with Crippen molar-refractivity contribution in [2.24, 2.45) is 0 Å². The van der Waals surface area contributed by atoms with Gasteiger partial charge in [-0.3, -0.25) is 0 Å². The molecule has 6 nitrogen and oxygen atoms in total. The van der Waals surface area contributed by atoms with E-state index < -0.39 is 0 Å². The molecule has 7 heteroatoms. The number of anilines is 2. The van der Waals surface area contributed by atoms with Crippen molar-refractivity contribution in [2.45, 2.75) is 32.2 Å². The number of piperidine rings is 1. The summed E-state index contributed by atoms with van der Waals surface area (Å²) in [4.78, 5) is 10.2. The van der Waals surface area contributed by atoms with Gasteiger partial charge in [0.05, 0.1) is 19.9 Å². The van der Waals surface area contributed by atoms with Crippen molar-refractivity contribution in [1.29, 1.82) is 0 Å². The molecule has 1 saturated heterocycles. The third kappa shape index (κ3) is 3.98. The molecule has 0 radical (unpaired) electrons. The number of nitrogens with one attached hydrogen (secondary N) is 1. The number of methoxy groups -OCH3 is 2. The third-order valence-corrected chi connectivity index (χ3v) is 4.62. The maximum absolute atomic E-state index is 14.6. The first kappa shape index (κ1) is 18.2. The lowest BCUT2D eigenvalue weighted by Crippen LogP contribution is -2.43. The van der Waals surface area contributed by atoms with Gasteiger partial charge in [0.25, 0.3) is 0 Å². The van der Waals surface area contributed by atoms with Crippen molar-refractivity contribution in [2.75, 3.05) is 37.5 Å². The van der Waals surface area contributed by atoms with Gasteiger partial charge in [-0.25, -0.2) is 14.4 Å². The molecule has 140 valence electrons. The minimum Gasteiger partial charge on any atom is -0.497 e. The maximum Gasteiger partial charge on any atom is 0.187 e. The molecule has 0 amide bonds. The van der Waals surface area contributed by atoms with Crippen LogP contribution in [0.25, 0.3) is 0 Å². The number of benzene rings is 1. The molecule has 2 heterocycles. The van der Waals surface area contributed by atoms with Crippen molar-refractivity contribution >= 4 is 11.5 Å². The second kappa shape index (κ2) is 8.21. The summed E-state index contributed by atoms with van der Waals surface area (Å²) in [7, 11) is 3.26. The minimum absolute atomic E-state index is 0.181. The summed E-state index contributed by atoms with van der Waals surface area (Å²) < 4.78 is 25.2. The van der Waals surface area contributed by atoms with Gasteiger partial charge in [-0.2, -0.15) is 0 Å². The number of halogens is 1. The lowest BCUT2D eigenvalue weighted by atomic mass is 10.0. The zero-order chi connectivity index (χ0) is 18.5. The molecule has 1 aromatic heterocycles. The van der Waals surface area contributed by atoms with E-state index in [2.05, 4.69) is 15.3 Å². The van der Waals surface area contributed by atoms with Crippen LogP contribution in [0.3, 0.4) is 0 Å². The van der Waals surface area contributed by atoms with Crippen LogP contribution in [-0.2, 0) is 6.42 Å². The van der Waals surface area contributed by atoms with Crippen molar-refractivity contribution in [3.63, 3.8) is 0 Å². The molecule has 26 heavy (non-hydrogen) atoms. The van der Waals surface area contributed by atoms with Crippen LogP contribution in [0.1, 0.15) is 25.5 Å². The normalized spacial score (nSPS) is 17.1. The van der Waals surface area contributed by atoms with Crippen LogP contribution in [0.2, 0.25) is 0 Å². The summed E-state index contributed by atoms with van der Waals surface area (Å²) in [5, 5.41) is 3.51. The molecular formula is C19H25FN4O2. The third-order valence-electron chi connectivity index (χ3n) is 4.62. The molecule has 1 aromatic carbocycles. The fraction of sp³-hybridized carbons (Fsp3) is 0.474. The molecule has 3 rings (SSSR count). The Morgan fingerprint density at radius 1 is 1.19 bits per heavy atom. The highest BCUT2D eigenvalue weighted by atomic mass is 19.1. The number of rotatable bonds is 6. The molecule has 2 aromatic rings. The van der Waals surface area contributed by atoms with E-state index in [-0.39, 0.29) is 11.9 Å². The van der Waals surface area contributed by atoms with Gasteiger partial charge < -0.3 is 19.7 Å². The van der Waals surface area contributed by atoms with Gasteiger partial charge >= 0.3 is 0 Å². The molecule has 1 N–H and O–H groups in total. The fourth-order valence-corrected chi connectivity index (χ4v) is 3.28. The second-order valence-electron chi connectivity index (χ2n) is 6.34. The topological polar surface area (TPSA) is 59.5 Å². The first-order valence-corrected chi connectivity index (χ1v) is 8.88. The Hall–Kier alpha value is -2.57. The van der Waals surface area contributed by atoms with Crippen LogP contribution in [-0.4, -0.2) is 43.3 Å². The molecule has 0 bridgehead atoms. The van der Waals surface area contributed by atoms with Crippen molar-refractivity contribution in [3.05, 3.63) is 36.0 Å². The van der Waals surface area contributed by atoms with E-state index in [1.165, 1.54) is 6.33 Å². The van der Waals surface area contributed by atoms with Crippen LogP contribution in [0.5, 0.6) is 11.5 Å². The summed E-state index contributed by atoms with van der Waals surface area (Å²) in [6, 6.07) is 5.88. The maximum atomic E-state index is 14.6. The summed E-state index contributed by atoms with van der Waals surface area (Å²) in [6.45, 7) is 3.36. The Morgan fingerprint density at radius 3 is 2.58 bits per heavy atom. The number of aromatic nitrogens is 2. The van der Waals surface area contributed by atoms with Gasteiger partial charge in [0.2, 0.25) is 0 Å². The van der Waals surface area contributed by atoms with Crippen LogP contribution in [0.4, 0.5) is 15.9 Å². The highest BCUT2D eigenvalue weighted by Crippen LogP contribution is 2.28. The lowest BCUT2D eigenvalue weighted by molar-refractivity contribution is 0.394. The number of ether oxygens (including phenoxy) is 2. The zero-order valence-electron chi connectivity index (χ0n) is 15.5. The summed E-state index contributed by atoms with van der Waals surface area (Å²) in [6.07, 6.45) is 3.97. The minimum atomic E-state index is -0.307. The molecule has 1 atom stereocenters. The summed E-state index contributed by atoms with van der Waals surface area (Å²) >= 11 is 0. The predicted molar refractivity (Wildman–Crippen MR) is 99.8 cm³/mol. The van der Waals surface area contributed by atoms with E-state index in [9.17, 15) is 4.39 Å². The van der Waals surface area contributed by atoms with E-state index in [1.54, 1.807) is 14.2 Å². The van der Waals surface area contributed by atoms with Crippen LogP contribution in [0, 0.1) is 5.82 Å². The average molecular weight is 360 g/mol. The average Bonchev–Trinajstić information content (AvgIpc) is 2.68. The smallest absolute Gasteiger partial charge is 0.187 e. The van der Waals surface area contributed by atoms with Gasteiger partial charge in [0, 0.05) is 43.0 Å². The zero-order valence-corrected chi connectivity index (χ0v) is 15.5. The molecule has 0 saturated carbocycles. The van der Waals surface area contributed by atoms with Crippen LogP contribution in [0.15, 0.2) is 24.5 Å². The Bertz CT molecular complexity index is 734. The van der Waals surface area contributed by atoms with Gasteiger partial charge in [0.1, 0.15) is 17.8 Å². The van der Waals surface area contributed by atoms with Crippen molar-refractivity contribution in [3.8, 4) is 11.5 Å². The van der Waals surface area contributed by atoms with Gasteiger partial charge in [0.15, 0.2) is 11.6 Å². The SMILES string of the molecule is CCc1ncnc(N2CCCC(Nc3cc(OC)cc(OC)c3)C2)c1F. The first-order chi connectivity index (χ1) is 12.6. The van der Waals surface area contributed by atoms with Crippen molar-refractivity contribution in [1.82, 2.24) is 9.97 Å². The Morgan fingerprint density at radius 2 is 1.92 bits per heavy atom. The fourth-order valence-electron chi connectivity index (χ4n) is 3.28. The number of aryl methyl sites for hydroxylation is 1. The number of nitrogens with zero attached hydrogens (tertiary/aromatic N) is 3. The van der Waals surface area contributed by atoms with Crippen LogP contribution >= 0.6 is 0 Å². The highest BCUT2D eigenvalue weighted by molar-refractivity contribution is 5.55. The van der Waals surface area contributed by atoms with Gasteiger partial charge in [-0.1, -0.05) is 6.92 Å². The van der Waals surface area contributed by atoms with Crippen molar-refractivity contribution < 1.29 is 13.9 Å². The summed E-state index contributed by atoms with van der Waals surface area (Å²) in [5.74, 6) is 1.55. The number of hydrogen-bond donors (Lipinski definition) is 1. The van der Waals surface area contributed by atoms with Gasteiger partial charge in [-0.05, 0) is 19.3 Å². The second-order valence-corrected chi connectivity index (χ2v) is 6.34. The Kier molecular flexibility index (Phi) is 5.75. The molecular weight excluding hydrogens is 335 g/mol. The molecule has 1 unspecified atom stereocenters. The van der Waals surface area contributed by atoms with E-state index in [4.69, 9.17) is 9.47 Å². The molecule has 1 aliphatic rings. The van der Waals surface area contributed by atoms with Crippen LogP contribution < -0.4 is 19.7 Å². The summed E-state index contributed by atoms with van der Waals surface area (Å²) in [5.41, 5.74) is 1.38. The van der Waals surface area contributed by atoms with Gasteiger partial charge in [-0.15, -0.1) is 0 Å². The monoisotopic (exact) mass is 360 g/mol. The first-order valence-electron chi connectivity index (χ1n) is 8.88. The predicted octanol–water partition coefficient (Wildman–Crippen LogP) is 3.28. The van der Waals surface area contributed by atoms with E-state index in [0.29, 0.717) is 24.5 Å².